The molecule has 0 aliphatic carbocycles. The minimum Gasteiger partial charge on any atom is -0.744 e. The molecule has 2 aromatic rings. The average Bonchev–Trinajstić information content (AvgIpc) is 2.56. The molecule has 2 rings (SSSR count). The van der Waals surface area contributed by atoms with Crippen molar-refractivity contribution in [2.75, 3.05) is 0 Å². The quantitative estimate of drug-likeness (QED) is 0.384. The van der Waals surface area contributed by atoms with E-state index in [0.717, 1.165) is 18.4 Å². The first kappa shape index (κ1) is 22.2. The fourth-order valence-corrected chi connectivity index (χ4v) is 3.05. The molecule has 0 aliphatic rings. The standard InChI is InChI=1S/C19H24O4S.Na/c1-2-3-4-5-6-10-16-11-7-8-14-19(16)23-17-12-9-13-18(15-17)24(20,21)22;/h7-9,11-15H,2-6,10H2,1H3,(H,20,21,22);/q;+1/p-1. The SMILES string of the molecule is CCCCCCCc1ccccc1Oc1cccc(S(=O)(=O)[O-])c1.[Na+]. The van der Waals surface area contributed by atoms with E-state index < -0.39 is 10.1 Å². The molecule has 2 aromatic carbocycles. The van der Waals surface area contributed by atoms with Crippen LogP contribution in [0.1, 0.15) is 44.6 Å². The second kappa shape index (κ2) is 11.0. The van der Waals surface area contributed by atoms with Crippen molar-refractivity contribution in [2.45, 2.75) is 50.3 Å². The van der Waals surface area contributed by atoms with Gasteiger partial charge in [0.25, 0.3) is 0 Å². The molecule has 4 nitrogen and oxygen atoms in total. The molecule has 0 saturated heterocycles. The van der Waals surface area contributed by atoms with Gasteiger partial charge in [0.1, 0.15) is 21.6 Å². The Bertz CT molecular complexity index is 760. The molecule has 0 fully saturated rings. The van der Waals surface area contributed by atoms with Crippen LogP contribution in [-0.2, 0) is 16.5 Å². The van der Waals surface area contributed by atoms with E-state index in [1.54, 1.807) is 6.07 Å². The van der Waals surface area contributed by atoms with Crippen LogP contribution in [0.4, 0.5) is 0 Å². The molecule has 0 heterocycles. The van der Waals surface area contributed by atoms with Gasteiger partial charge < -0.3 is 9.29 Å². The number of para-hydroxylation sites is 1. The summed E-state index contributed by atoms with van der Waals surface area (Å²) in [6.45, 7) is 2.19. The van der Waals surface area contributed by atoms with Gasteiger partial charge in [0.15, 0.2) is 0 Å². The third kappa shape index (κ3) is 7.50. The monoisotopic (exact) mass is 370 g/mol. The molecule has 0 spiro atoms. The molecule has 0 atom stereocenters. The van der Waals surface area contributed by atoms with Crippen molar-refractivity contribution in [3.8, 4) is 11.5 Å². The van der Waals surface area contributed by atoms with Gasteiger partial charge in [-0.25, -0.2) is 8.42 Å². The maximum absolute atomic E-state index is 11.1. The van der Waals surface area contributed by atoms with E-state index in [2.05, 4.69) is 6.92 Å². The number of hydrogen-bond acceptors (Lipinski definition) is 4. The number of benzene rings is 2. The summed E-state index contributed by atoms with van der Waals surface area (Å²) in [4.78, 5) is -0.281. The zero-order valence-corrected chi connectivity index (χ0v) is 17.7. The van der Waals surface area contributed by atoms with Gasteiger partial charge in [0, 0.05) is 0 Å². The fourth-order valence-electron chi connectivity index (χ4n) is 2.55. The first-order valence-electron chi connectivity index (χ1n) is 8.32. The number of hydrogen-bond donors (Lipinski definition) is 0. The van der Waals surface area contributed by atoms with Crippen LogP contribution in [0.25, 0.3) is 0 Å². The van der Waals surface area contributed by atoms with Crippen molar-refractivity contribution >= 4 is 10.1 Å². The van der Waals surface area contributed by atoms with E-state index in [0.29, 0.717) is 11.5 Å². The predicted molar refractivity (Wildman–Crippen MR) is 93.4 cm³/mol. The molecule has 25 heavy (non-hydrogen) atoms. The van der Waals surface area contributed by atoms with Crippen LogP contribution in [0.3, 0.4) is 0 Å². The van der Waals surface area contributed by atoms with Crippen LogP contribution in [0, 0.1) is 0 Å². The number of ether oxygens (including phenoxy) is 1. The number of aryl methyl sites for hydroxylation is 1. The minimum absolute atomic E-state index is 0. The average molecular weight is 370 g/mol. The summed E-state index contributed by atoms with van der Waals surface area (Å²) in [5.41, 5.74) is 1.09. The Morgan fingerprint density at radius 3 is 2.40 bits per heavy atom. The van der Waals surface area contributed by atoms with Crippen molar-refractivity contribution in [1.82, 2.24) is 0 Å². The molecular formula is C19H23NaO4S. The zero-order chi connectivity index (χ0) is 17.4. The van der Waals surface area contributed by atoms with Crippen LogP contribution in [0.2, 0.25) is 0 Å². The molecule has 0 amide bonds. The van der Waals surface area contributed by atoms with Crippen molar-refractivity contribution in [2.24, 2.45) is 0 Å². The summed E-state index contributed by atoms with van der Waals surface area (Å²) in [7, 11) is -4.48. The largest absolute Gasteiger partial charge is 1.00 e. The van der Waals surface area contributed by atoms with E-state index >= 15 is 0 Å². The molecule has 0 aromatic heterocycles. The molecule has 130 valence electrons. The summed E-state index contributed by atoms with van der Waals surface area (Å²) < 4.78 is 39.2. The van der Waals surface area contributed by atoms with Gasteiger partial charge in [-0.2, -0.15) is 0 Å². The Balaban J connectivity index is 0.00000312. The fraction of sp³-hybridized carbons (Fsp3) is 0.368. The number of rotatable bonds is 9. The Hall–Kier alpha value is -0.850. The molecule has 0 bridgehead atoms. The molecule has 6 heteroatoms. The summed E-state index contributed by atoms with van der Waals surface area (Å²) >= 11 is 0. The zero-order valence-electron chi connectivity index (χ0n) is 14.9. The second-order valence-electron chi connectivity index (χ2n) is 5.80. The van der Waals surface area contributed by atoms with Crippen molar-refractivity contribution in [3.05, 3.63) is 54.1 Å². The smallest absolute Gasteiger partial charge is 0.744 e. The number of unbranched alkanes of at least 4 members (excludes halogenated alkanes) is 4. The van der Waals surface area contributed by atoms with Crippen LogP contribution in [0.15, 0.2) is 53.4 Å². The Kier molecular flexibility index (Phi) is 9.75. The van der Waals surface area contributed by atoms with E-state index in [1.807, 2.05) is 24.3 Å². The molecule has 0 saturated carbocycles. The van der Waals surface area contributed by atoms with Crippen molar-refractivity contribution < 1.29 is 47.3 Å². The van der Waals surface area contributed by atoms with E-state index in [-0.39, 0.29) is 34.5 Å². The Labute approximate surface area is 172 Å². The van der Waals surface area contributed by atoms with Crippen LogP contribution < -0.4 is 34.3 Å². The summed E-state index contributed by atoms with van der Waals surface area (Å²) in [6.07, 6.45) is 6.91. The topological polar surface area (TPSA) is 66.4 Å². The van der Waals surface area contributed by atoms with E-state index in [4.69, 9.17) is 4.74 Å². The first-order chi connectivity index (χ1) is 11.5. The van der Waals surface area contributed by atoms with Gasteiger partial charge in [-0.15, -0.1) is 0 Å². The van der Waals surface area contributed by atoms with Crippen molar-refractivity contribution in [1.29, 1.82) is 0 Å². The van der Waals surface area contributed by atoms with Gasteiger partial charge in [-0.05, 0) is 42.7 Å². The predicted octanol–water partition coefficient (Wildman–Crippen LogP) is 1.90. The maximum Gasteiger partial charge on any atom is 1.00 e. The van der Waals surface area contributed by atoms with Crippen molar-refractivity contribution in [3.63, 3.8) is 0 Å². The van der Waals surface area contributed by atoms with Gasteiger partial charge in [0.2, 0.25) is 0 Å². The van der Waals surface area contributed by atoms with Gasteiger partial charge in [-0.3, -0.25) is 0 Å². The summed E-state index contributed by atoms with van der Waals surface area (Å²) in [6, 6.07) is 13.4. The normalized spacial score (nSPS) is 11.0. The van der Waals surface area contributed by atoms with Crippen LogP contribution in [-0.4, -0.2) is 13.0 Å². The summed E-state index contributed by atoms with van der Waals surface area (Å²) in [5.74, 6) is 1.05. The van der Waals surface area contributed by atoms with Crippen LogP contribution in [0.5, 0.6) is 11.5 Å². The van der Waals surface area contributed by atoms with Gasteiger partial charge in [-0.1, -0.05) is 56.9 Å². The van der Waals surface area contributed by atoms with Gasteiger partial charge in [0.05, 0.1) is 4.90 Å². The summed E-state index contributed by atoms with van der Waals surface area (Å²) in [5, 5.41) is 0. The minimum atomic E-state index is -4.48. The third-order valence-electron chi connectivity index (χ3n) is 3.84. The second-order valence-corrected chi connectivity index (χ2v) is 7.18. The van der Waals surface area contributed by atoms with E-state index in [1.165, 1.54) is 43.9 Å². The molecule has 0 aliphatic heterocycles. The first-order valence-corrected chi connectivity index (χ1v) is 9.73. The molecule has 0 radical (unpaired) electrons. The Morgan fingerprint density at radius 1 is 0.960 bits per heavy atom. The van der Waals surface area contributed by atoms with Crippen LogP contribution >= 0.6 is 0 Å². The molecule has 0 N–H and O–H groups in total. The maximum atomic E-state index is 11.1. The molecule has 0 unspecified atom stereocenters. The van der Waals surface area contributed by atoms with E-state index in [9.17, 15) is 13.0 Å². The van der Waals surface area contributed by atoms with Gasteiger partial charge >= 0.3 is 29.6 Å². The molecular weight excluding hydrogens is 347 g/mol. The third-order valence-corrected chi connectivity index (χ3v) is 4.68. The Morgan fingerprint density at radius 2 is 1.68 bits per heavy atom.